The Hall–Kier alpha value is -2.93. The van der Waals surface area contributed by atoms with Gasteiger partial charge in [0.1, 0.15) is 5.82 Å². The Bertz CT molecular complexity index is 1140. The van der Waals surface area contributed by atoms with Gasteiger partial charge < -0.3 is 10.2 Å². The number of rotatable bonds is 6. The lowest BCUT2D eigenvalue weighted by Crippen LogP contribution is -2.43. The van der Waals surface area contributed by atoms with Crippen molar-refractivity contribution in [3.63, 3.8) is 0 Å². The van der Waals surface area contributed by atoms with Gasteiger partial charge in [-0.25, -0.2) is 0 Å². The first-order chi connectivity index (χ1) is 15.5. The molecule has 0 aliphatic carbocycles. The lowest BCUT2D eigenvalue weighted by atomic mass is 9.97. The number of nitrogens with zero attached hydrogens (tertiary/aromatic N) is 3. The van der Waals surface area contributed by atoms with Crippen molar-refractivity contribution in [3.05, 3.63) is 86.6 Å². The van der Waals surface area contributed by atoms with Crippen molar-refractivity contribution in [2.45, 2.75) is 32.7 Å². The topological polar surface area (TPSA) is 67.2 Å². The van der Waals surface area contributed by atoms with Gasteiger partial charge in [0, 0.05) is 30.2 Å². The minimum absolute atomic E-state index is 0.0538. The Morgan fingerprint density at radius 2 is 1.94 bits per heavy atom. The molecule has 1 amide bonds. The summed E-state index contributed by atoms with van der Waals surface area (Å²) in [4.78, 5) is 27.4. The van der Waals surface area contributed by atoms with Gasteiger partial charge in [-0.1, -0.05) is 47.1 Å². The van der Waals surface area contributed by atoms with Gasteiger partial charge in [-0.15, -0.1) is 5.10 Å². The molecule has 1 aliphatic rings. The van der Waals surface area contributed by atoms with Crippen LogP contribution in [0.4, 0.5) is 5.82 Å². The Morgan fingerprint density at radius 3 is 2.69 bits per heavy atom. The second kappa shape index (κ2) is 10.1. The van der Waals surface area contributed by atoms with Crippen LogP contribution in [0.2, 0.25) is 0 Å². The Balaban J connectivity index is 1.45. The van der Waals surface area contributed by atoms with E-state index in [-0.39, 0.29) is 17.4 Å². The average molecular weight is 495 g/mol. The van der Waals surface area contributed by atoms with E-state index in [4.69, 9.17) is 0 Å². The summed E-state index contributed by atoms with van der Waals surface area (Å²) in [7, 11) is 0. The molecule has 0 radical (unpaired) electrons. The molecule has 1 N–H and O–H groups in total. The zero-order chi connectivity index (χ0) is 22.5. The van der Waals surface area contributed by atoms with Crippen molar-refractivity contribution in [1.29, 1.82) is 0 Å². The number of aromatic nitrogens is 2. The van der Waals surface area contributed by atoms with Crippen LogP contribution in [-0.2, 0) is 17.8 Å². The zero-order valence-electron chi connectivity index (χ0n) is 18.1. The summed E-state index contributed by atoms with van der Waals surface area (Å²) in [5.41, 5.74) is 2.85. The molecule has 0 bridgehead atoms. The summed E-state index contributed by atoms with van der Waals surface area (Å²) >= 11 is 3.46. The van der Waals surface area contributed by atoms with Gasteiger partial charge in [0.05, 0.1) is 11.6 Å². The molecule has 7 heteroatoms. The maximum atomic E-state index is 12.8. The van der Waals surface area contributed by atoms with E-state index in [0.717, 1.165) is 41.5 Å². The second-order valence-electron chi connectivity index (χ2n) is 8.09. The Labute approximate surface area is 196 Å². The highest BCUT2D eigenvalue weighted by Gasteiger charge is 2.26. The van der Waals surface area contributed by atoms with E-state index in [2.05, 4.69) is 38.2 Å². The molecule has 1 fully saturated rings. The summed E-state index contributed by atoms with van der Waals surface area (Å²) in [6, 6.07) is 19.1. The summed E-state index contributed by atoms with van der Waals surface area (Å²) in [6.07, 6.45) is 2.70. The molecule has 0 saturated carbocycles. The van der Waals surface area contributed by atoms with E-state index in [1.54, 1.807) is 12.1 Å². The third kappa shape index (κ3) is 5.27. The fraction of sp³-hybridized carbons (Fsp3) is 0.320. The smallest absolute Gasteiger partial charge is 0.271 e. The maximum absolute atomic E-state index is 12.8. The summed E-state index contributed by atoms with van der Waals surface area (Å²) in [5, 5.41) is 7.67. The van der Waals surface area contributed by atoms with Gasteiger partial charge in [0.25, 0.3) is 5.56 Å². The predicted molar refractivity (Wildman–Crippen MR) is 130 cm³/mol. The molecule has 6 nitrogen and oxygen atoms in total. The molecule has 4 rings (SSSR count). The number of benzene rings is 2. The fourth-order valence-corrected chi connectivity index (χ4v) is 4.45. The molecule has 1 aromatic heterocycles. The molecule has 0 spiro atoms. The molecule has 2 heterocycles. The number of piperidine rings is 1. The van der Waals surface area contributed by atoms with Crippen LogP contribution in [0.1, 0.15) is 30.9 Å². The number of amides is 1. The summed E-state index contributed by atoms with van der Waals surface area (Å²) < 4.78 is 2.43. The quantitative estimate of drug-likeness (QED) is 0.560. The lowest BCUT2D eigenvalue weighted by molar-refractivity contribution is -0.125. The van der Waals surface area contributed by atoms with Gasteiger partial charge in [-0.05, 0) is 60.7 Å². The third-order valence-corrected chi connectivity index (χ3v) is 6.34. The molecule has 32 heavy (non-hydrogen) atoms. The molecule has 3 aromatic rings. The lowest BCUT2D eigenvalue weighted by Gasteiger charge is -2.33. The fourth-order valence-electron chi connectivity index (χ4n) is 4.01. The molecule has 1 atom stereocenters. The van der Waals surface area contributed by atoms with Gasteiger partial charge in [-0.3, -0.25) is 9.59 Å². The van der Waals surface area contributed by atoms with Crippen LogP contribution in [0.5, 0.6) is 0 Å². The van der Waals surface area contributed by atoms with Crippen LogP contribution < -0.4 is 15.8 Å². The van der Waals surface area contributed by atoms with Crippen molar-refractivity contribution >= 4 is 27.7 Å². The number of anilines is 1. The van der Waals surface area contributed by atoms with Crippen LogP contribution in [0.25, 0.3) is 5.69 Å². The zero-order valence-corrected chi connectivity index (χ0v) is 19.7. The standard InChI is InChI=1S/C25H27BrN4O2/c1-2-18-8-10-22(11-9-18)30-24(31)13-12-23(28-30)29-14-4-6-20(17-29)25(32)27-16-19-5-3-7-21(26)15-19/h3,5,7-13,15,20H,2,4,6,14,16-17H2,1H3,(H,27,32)/t20-/m0/s1. The molecule has 2 aromatic carbocycles. The third-order valence-electron chi connectivity index (χ3n) is 5.85. The highest BCUT2D eigenvalue weighted by molar-refractivity contribution is 9.10. The van der Waals surface area contributed by atoms with Crippen molar-refractivity contribution in [1.82, 2.24) is 15.1 Å². The first-order valence-corrected chi connectivity index (χ1v) is 11.8. The molecule has 1 saturated heterocycles. The average Bonchev–Trinajstić information content (AvgIpc) is 2.83. The summed E-state index contributed by atoms with van der Waals surface area (Å²) in [6.45, 7) is 4.01. The van der Waals surface area contributed by atoms with Crippen molar-refractivity contribution in [2.24, 2.45) is 5.92 Å². The maximum Gasteiger partial charge on any atom is 0.271 e. The minimum Gasteiger partial charge on any atom is -0.354 e. The number of carbonyl (C=O) groups excluding carboxylic acids is 1. The number of hydrogen-bond acceptors (Lipinski definition) is 4. The van der Waals surface area contributed by atoms with Gasteiger partial charge in [0.2, 0.25) is 5.91 Å². The number of aryl methyl sites for hydroxylation is 1. The SMILES string of the molecule is CCc1ccc(-n2nc(N3CCC[C@H](C(=O)NCc4cccc(Br)c4)C3)ccc2=O)cc1. The van der Waals surface area contributed by atoms with Crippen molar-refractivity contribution in [2.75, 3.05) is 18.0 Å². The van der Waals surface area contributed by atoms with Crippen molar-refractivity contribution < 1.29 is 4.79 Å². The van der Waals surface area contributed by atoms with Crippen LogP contribution in [0.15, 0.2) is 69.9 Å². The van der Waals surface area contributed by atoms with Gasteiger partial charge >= 0.3 is 0 Å². The number of carbonyl (C=O) groups is 1. The van der Waals surface area contributed by atoms with Crippen LogP contribution in [-0.4, -0.2) is 28.8 Å². The minimum atomic E-state index is -0.168. The Morgan fingerprint density at radius 1 is 1.12 bits per heavy atom. The van der Waals surface area contributed by atoms with E-state index in [0.29, 0.717) is 18.9 Å². The van der Waals surface area contributed by atoms with Crippen LogP contribution in [0, 0.1) is 5.92 Å². The van der Waals surface area contributed by atoms with Crippen LogP contribution in [0.3, 0.4) is 0 Å². The second-order valence-corrected chi connectivity index (χ2v) is 9.01. The van der Waals surface area contributed by atoms with E-state index < -0.39 is 0 Å². The predicted octanol–water partition coefficient (Wildman–Crippen LogP) is 4.09. The highest BCUT2D eigenvalue weighted by atomic mass is 79.9. The van der Waals surface area contributed by atoms with E-state index in [9.17, 15) is 9.59 Å². The monoisotopic (exact) mass is 494 g/mol. The molecule has 1 aliphatic heterocycles. The van der Waals surface area contributed by atoms with E-state index in [1.165, 1.54) is 10.2 Å². The Kier molecular flexibility index (Phi) is 7.05. The first kappa shape index (κ1) is 22.3. The normalized spacial score (nSPS) is 16.1. The molecule has 166 valence electrons. The molecule has 0 unspecified atom stereocenters. The first-order valence-electron chi connectivity index (χ1n) is 11.0. The number of hydrogen-bond donors (Lipinski definition) is 1. The van der Waals surface area contributed by atoms with Gasteiger partial charge in [0.15, 0.2) is 0 Å². The number of nitrogens with one attached hydrogen (secondary N) is 1. The molecular formula is C25H27BrN4O2. The van der Waals surface area contributed by atoms with Crippen LogP contribution >= 0.6 is 15.9 Å². The van der Waals surface area contributed by atoms with E-state index >= 15 is 0 Å². The van der Waals surface area contributed by atoms with Crippen molar-refractivity contribution in [3.8, 4) is 5.69 Å². The van der Waals surface area contributed by atoms with Gasteiger partial charge in [-0.2, -0.15) is 4.68 Å². The largest absolute Gasteiger partial charge is 0.354 e. The number of halogens is 1. The molecular weight excluding hydrogens is 468 g/mol. The summed E-state index contributed by atoms with van der Waals surface area (Å²) in [5.74, 6) is 0.661. The van der Waals surface area contributed by atoms with E-state index in [1.807, 2.05) is 48.5 Å². The highest BCUT2D eigenvalue weighted by Crippen LogP contribution is 2.22.